The van der Waals surface area contributed by atoms with Gasteiger partial charge in [0.05, 0.1) is 0 Å². The zero-order valence-corrected chi connectivity index (χ0v) is 12.6. The van der Waals surface area contributed by atoms with E-state index < -0.39 is 10.5 Å². The number of nitrogens with zero attached hydrogens (tertiary/aromatic N) is 1. The minimum Gasteiger partial charge on any atom is -0.264 e. The predicted octanol–water partition coefficient (Wildman–Crippen LogP) is 3.67. The Morgan fingerprint density at radius 3 is 2.05 bits per heavy atom. The molecule has 0 unspecified atom stereocenters. The molecule has 0 saturated carbocycles. The van der Waals surface area contributed by atoms with E-state index in [2.05, 4.69) is 56.1 Å². The fourth-order valence-electron chi connectivity index (χ4n) is 1.64. The molecule has 0 amide bonds. The van der Waals surface area contributed by atoms with Crippen molar-refractivity contribution in [3.63, 3.8) is 0 Å². The van der Waals surface area contributed by atoms with Crippen LogP contribution in [-0.4, -0.2) is 13.4 Å². The fourth-order valence-corrected chi connectivity index (χ4v) is 1.64. The summed E-state index contributed by atoms with van der Waals surface area (Å²) in [5, 5.41) is 0. The molecule has 2 aromatic rings. The molecule has 0 fully saturated rings. The summed E-state index contributed by atoms with van der Waals surface area (Å²) in [4.78, 5) is 4.33. The largest absolute Gasteiger partial charge is 0.308 e. The van der Waals surface area contributed by atoms with E-state index >= 15 is 0 Å². The van der Waals surface area contributed by atoms with Crippen LogP contribution in [0.25, 0.3) is 11.1 Å². The maximum absolute atomic E-state index is 8.67. The third-order valence-electron chi connectivity index (χ3n) is 2.71. The number of benzene rings is 1. The van der Waals surface area contributed by atoms with Crippen LogP contribution in [-0.2, 0) is 15.9 Å². The highest BCUT2D eigenvalue weighted by Crippen LogP contribution is 2.26. The van der Waals surface area contributed by atoms with Crippen LogP contribution in [0.2, 0.25) is 0 Å². The Hall–Kier alpha value is -2.01. The lowest BCUT2D eigenvalue weighted by Gasteiger charge is -2.19. The van der Waals surface area contributed by atoms with Crippen molar-refractivity contribution in [1.29, 1.82) is 4.78 Å². The molecule has 0 bridgehead atoms. The average molecular weight is 290 g/mol. The van der Waals surface area contributed by atoms with Gasteiger partial charge < -0.3 is 0 Å². The number of rotatable bonds is 1. The molecule has 1 N–H and O–H groups in total. The molecule has 0 aliphatic carbocycles. The van der Waals surface area contributed by atoms with Crippen molar-refractivity contribution >= 4 is 10.5 Å². The highest BCUT2D eigenvalue weighted by atomic mass is 32.2. The van der Waals surface area contributed by atoms with Gasteiger partial charge in [0.2, 0.25) is 0 Å². The Morgan fingerprint density at radius 1 is 1.00 bits per heavy atom. The summed E-state index contributed by atoms with van der Waals surface area (Å²) in [6, 6.07) is 12.6. The van der Waals surface area contributed by atoms with Gasteiger partial charge in [-0.3, -0.25) is 4.98 Å². The molecular weight excluding hydrogens is 272 g/mol. The fraction of sp³-hybridized carbons (Fsp3) is 0.267. The van der Waals surface area contributed by atoms with Crippen LogP contribution in [0, 0.1) is 4.78 Å². The smallest absolute Gasteiger partial charge is 0.264 e. The van der Waals surface area contributed by atoms with Crippen molar-refractivity contribution < 1.29 is 8.42 Å². The third-order valence-corrected chi connectivity index (χ3v) is 2.71. The molecule has 0 saturated heterocycles. The van der Waals surface area contributed by atoms with E-state index in [1.54, 1.807) is 0 Å². The number of nitrogens with one attached hydrogen (secondary N) is 1. The summed E-state index contributed by atoms with van der Waals surface area (Å²) in [6.07, 6.45) is 3.87. The molecule has 5 heteroatoms. The molecular formula is C15H18N2O2S. The second-order valence-electron chi connectivity index (χ2n) is 5.31. The van der Waals surface area contributed by atoms with Gasteiger partial charge in [0.15, 0.2) is 0 Å². The molecule has 1 aromatic heterocycles. The quantitative estimate of drug-likeness (QED) is 0.871. The lowest BCUT2D eigenvalue weighted by atomic mass is 9.87. The van der Waals surface area contributed by atoms with Crippen LogP contribution in [0.1, 0.15) is 26.3 Å². The standard InChI is InChI=1S/C15H17N.HNO2S/c1-15(2,3)14-9-13(10-16-11-14)12-7-5-4-6-8-12;1-4(2)3/h4-11H,1-3H3;1H. The van der Waals surface area contributed by atoms with Crippen LogP contribution >= 0.6 is 0 Å². The molecule has 1 aromatic carbocycles. The van der Waals surface area contributed by atoms with Crippen LogP contribution in [0.3, 0.4) is 0 Å². The predicted molar refractivity (Wildman–Crippen MR) is 80.0 cm³/mol. The summed E-state index contributed by atoms with van der Waals surface area (Å²) in [7, 11) is -2.61. The van der Waals surface area contributed by atoms with Crippen LogP contribution in [0.4, 0.5) is 0 Å². The highest BCUT2D eigenvalue weighted by Gasteiger charge is 2.14. The Labute approximate surface area is 121 Å². The van der Waals surface area contributed by atoms with E-state index in [0.29, 0.717) is 0 Å². The third kappa shape index (κ3) is 5.32. The number of hydrogen-bond acceptors (Lipinski definition) is 4. The second kappa shape index (κ2) is 6.96. The topological polar surface area (TPSA) is 70.9 Å². The Kier molecular flexibility index (Phi) is 5.58. The summed E-state index contributed by atoms with van der Waals surface area (Å²) in [5.41, 5.74) is 3.83. The van der Waals surface area contributed by atoms with Gasteiger partial charge in [-0.25, -0.2) is 0 Å². The number of pyridine rings is 1. The van der Waals surface area contributed by atoms with Gasteiger partial charge in [0, 0.05) is 18.0 Å². The molecule has 106 valence electrons. The average Bonchev–Trinajstić information content (AvgIpc) is 2.38. The summed E-state index contributed by atoms with van der Waals surface area (Å²) in [6.45, 7) is 6.62. The van der Waals surface area contributed by atoms with Crippen molar-refractivity contribution in [2.45, 2.75) is 26.2 Å². The first-order chi connectivity index (χ1) is 9.30. The van der Waals surface area contributed by atoms with E-state index in [0.717, 1.165) is 0 Å². The second-order valence-corrected chi connectivity index (χ2v) is 5.78. The lowest BCUT2D eigenvalue weighted by Crippen LogP contribution is -2.11. The first kappa shape index (κ1) is 16.0. The molecule has 0 spiro atoms. The van der Waals surface area contributed by atoms with E-state index in [9.17, 15) is 0 Å². The Balaban J connectivity index is 0.000000444. The van der Waals surface area contributed by atoms with Crippen molar-refractivity contribution in [2.24, 2.45) is 0 Å². The van der Waals surface area contributed by atoms with Crippen LogP contribution in [0.5, 0.6) is 0 Å². The van der Waals surface area contributed by atoms with Gasteiger partial charge in [-0.1, -0.05) is 51.1 Å². The van der Waals surface area contributed by atoms with Gasteiger partial charge in [0.1, 0.15) is 0 Å². The molecule has 1 heterocycles. The highest BCUT2D eigenvalue weighted by molar-refractivity contribution is 7.60. The van der Waals surface area contributed by atoms with Gasteiger partial charge in [-0.2, -0.15) is 13.2 Å². The lowest BCUT2D eigenvalue weighted by molar-refractivity contribution is 0.587. The summed E-state index contributed by atoms with van der Waals surface area (Å²) < 4.78 is 22.8. The minimum absolute atomic E-state index is 0.151. The van der Waals surface area contributed by atoms with E-state index in [1.807, 2.05) is 18.5 Å². The van der Waals surface area contributed by atoms with Gasteiger partial charge >= 0.3 is 10.5 Å². The van der Waals surface area contributed by atoms with Crippen molar-refractivity contribution in [3.8, 4) is 11.1 Å². The molecule has 2 rings (SSSR count). The molecule has 4 nitrogen and oxygen atoms in total. The van der Waals surface area contributed by atoms with E-state index in [1.165, 1.54) is 16.7 Å². The Morgan fingerprint density at radius 2 is 1.55 bits per heavy atom. The summed E-state index contributed by atoms with van der Waals surface area (Å²) >= 11 is 0. The van der Waals surface area contributed by atoms with Gasteiger partial charge in [-0.15, -0.1) is 0 Å². The zero-order valence-electron chi connectivity index (χ0n) is 11.8. The van der Waals surface area contributed by atoms with E-state index in [4.69, 9.17) is 13.2 Å². The normalized spacial score (nSPS) is 10.3. The monoisotopic (exact) mass is 290 g/mol. The van der Waals surface area contributed by atoms with Crippen molar-refractivity contribution in [1.82, 2.24) is 4.98 Å². The molecule has 0 atom stereocenters. The molecule has 0 aliphatic heterocycles. The minimum atomic E-state index is -2.61. The first-order valence-electron chi connectivity index (χ1n) is 6.12. The van der Waals surface area contributed by atoms with Crippen molar-refractivity contribution in [3.05, 3.63) is 54.4 Å². The molecule has 0 radical (unpaired) electrons. The van der Waals surface area contributed by atoms with Gasteiger partial charge in [0.25, 0.3) is 0 Å². The van der Waals surface area contributed by atoms with Gasteiger partial charge in [-0.05, 0) is 22.6 Å². The molecule has 20 heavy (non-hydrogen) atoms. The maximum Gasteiger partial charge on any atom is 0.308 e. The van der Waals surface area contributed by atoms with E-state index in [-0.39, 0.29) is 5.41 Å². The van der Waals surface area contributed by atoms with Crippen molar-refractivity contribution in [2.75, 3.05) is 0 Å². The zero-order chi connectivity index (χ0) is 15.2. The number of aromatic nitrogens is 1. The number of hydrogen-bond donors (Lipinski definition) is 1. The van der Waals surface area contributed by atoms with Crippen LogP contribution in [0.15, 0.2) is 48.8 Å². The maximum atomic E-state index is 8.67. The first-order valence-corrected chi connectivity index (χ1v) is 7.19. The van der Waals surface area contributed by atoms with Crippen LogP contribution < -0.4 is 0 Å². The summed E-state index contributed by atoms with van der Waals surface area (Å²) in [5.74, 6) is 0. The molecule has 0 aliphatic rings. The Bertz CT molecular complexity index is 653. The SMILES string of the molecule is CC(C)(C)c1cncc(-c2ccccc2)c1.N=S(=O)=O.